The molecule has 1 aliphatic heterocycles. The van der Waals surface area contributed by atoms with Gasteiger partial charge in [-0.05, 0) is 44.5 Å². The Kier molecular flexibility index (Phi) is 4.93. The topological polar surface area (TPSA) is 67.9 Å². The summed E-state index contributed by atoms with van der Waals surface area (Å²) in [7, 11) is 0. The van der Waals surface area contributed by atoms with Gasteiger partial charge in [-0.2, -0.15) is 0 Å². The number of benzene rings is 1. The summed E-state index contributed by atoms with van der Waals surface area (Å²) in [6.07, 6.45) is 0.828. The molecule has 0 unspecified atom stereocenters. The van der Waals surface area contributed by atoms with Crippen LogP contribution in [0.25, 0.3) is 0 Å². The summed E-state index contributed by atoms with van der Waals surface area (Å²) in [4.78, 5) is 25.1. The molecule has 0 saturated heterocycles. The summed E-state index contributed by atoms with van der Waals surface area (Å²) in [5, 5.41) is 2.70. The Morgan fingerprint density at radius 1 is 1.43 bits per heavy atom. The average Bonchev–Trinajstić information content (AvgIpc) is 2.49. The highest BCUT2D eigenvalue weighted by Crippen LogP contribution is 2.33. The van der Waals surface area contributed by atoms with Gasteiger partial charge in [0.05, 0.1) is 12.2 Å². The van der Waals surface area contributed by atoms with Crippen molar-refractivity contribution in [1.82, 2.24) is 5.32 Å². The van der Waals surface area contributed by atoms with Crippen molar-refractivity contribution in [3.8, 4) is 5.75 Å². The van der Waals surface area contributed by atoms with Crippen LogP contribution in [0.15, 0.2) is 30.9 Å². The van der Waals surface area contributed by atoms with Crippen LogP contribution in [-0.2, 0) is 16.1 Å². The number of nitrogens with one attached hydrogen (secondary N) is 1. The number of carbonyl (C=O) groups excluding carboxylic acids is 2. The van der Waals surface area contributed by atoms with Crippen molar-refractivity contribution in [2.75, 3.05) is 18.1 Å². The fraction of sp³-hybridized carbons (Fsp3) is 0.412. The third kappa shape index (κ3) is 4.48. The van der Waals surface area contributed by atoms with E-state index < -0.39 is 11.7 Å². The first-order valence-corrected chi connectivity index (χ1v) is 7.46. The van der Waals surface area contributed by atoms with Gasteiger partial charge in [0.25, 0.3) is 0 Å². The largest absolute Gasteiger partial charge is 0.490 e. The molecule has 2 amide bonds. The third-order valence-electron chi connectivity index (χ3n) is 3.15. The van der Waals surface area contributed by atoms with E-state index in [0.29, 0.717) is 31.1 Å². The molecule has 2 rings (SSSR count). The molecule has 0 aromatic heterocycles. The van der Waals surface area contributed by atoms with E-state index in [1.54, 1.807) is 11.0 Å². The molecule has 0 aliphatic carbocycles. The van der Waals surface area contributed by atoms with E-state index in [4.69, 9.17) is 9.47 Å². The lowest BCUT2D eigenvalue weighted by atomic mass is 10.1. The molecule has 1 aromatic carbocycles. The van der Waals surface area contributed by atoms with Crippen LogP contribution in [-0.4, -0.2) is 30.8 Å². The molecule has 0 atom stereocenters. The predicted octanol–water partition coefficient (Wildman–Crippen LogP) is 2.62. The van der Waals surface area contributed by atoms with E-state index in [1.807, 2.05) is 32.9 Å². The van der Waals surface area contributed by atoms with Crippen LogP contribution in [0.1, 0.15) is 26.3 Å². The lowest BCUT2D eigenvalue weighted by Crippen LogP contribution is -2.41. The standard InChI is InChI=1S/C17H22N2O4/c1-5-15(20)18-11-12-6-7-13-14(10-12)22-9-8-19(13)16(21)23-17(2,3)4/h5-7,10H,1,8-9,11H2,2-4H3,(H,18,20). The van der Waals surface area contributed by atoms with Gasteiger partial charge in [-0.3, -0.25) is 9.69 Å². The van der Waals surface area contributed by atoms with Gasteiger partial charge >= 0.3 is 6.09 Å². The van der Waals surface area contributed by atoms with Crippen molar-refractivity contribution in [2.45, 2.75) is 32.9 Å². The Morgan fingerprint density at radius 2 is 2.17 bits per heavy atom. The number of nitrogens with zero attached hydrogens (tertiary/aromatic N) is 1. The van der Waals surface area contributed by atoms with Gasteiger partial charge in [-0.15, -0.1) is 0 Å². The summed E-state index contributed by atoms with van der Waals surface area (Å²) < 4.78 is 11.0. The number of ether oxygens (including phenoxy) is 2. The fourth-order valence-corrected chi connectivity index (χ4v) is 2.14. The summed E-state index contributed by atoms with van der Waals surface area (Å²) >= 11 is 0. The molecule has 0 bridgehead atoms. The number of carbonyl (C=O) groups is 2. The van der Waals surface area contributed by atoms with E-state index in [2.05, 4.69) is 11.9 Å². The molecule has 6 heteroatoms. The van der Waals surface area contributed by atoms with Gasteiger partial charge in [0.1, 0.15) is 18.0 Å². The molecule has 6 nitrogen and oxygen atoms in total. The molecule has 124 valence electrons. The maximum atomic E-state index is 12.3. The van der Waals surface area contributed by atoms with Gasteiger partial charge in [-0.25, -0.2) is 4.79 Å². The van der Waals surface area contributed by atoms with Gasteiger partial charge < -0.3 is 14.8 Å². The first-order chi connectivity index (χ1) is 10.8. The predicted molar refractivity (Wildman–Crippen MR) is 87.6 cm³/mol. The monoisotopic (exact) mass is 318 g/mol. The minimum absolute atomic E-state index is 0.237. The number of hydrogen-bond donors (Lipinski definition) is 1. The average molecular weight is 318 g/mol. The smallest absolute Gasteiger partial charge is 0.415 e. The van der Waals surface area contributed by atoms with Crippen molar-refractivity contribution in [3.63, 3.8) is 0 Å². The SMILES string of the molecule is C=CC(=O)NCc1ccc2c(c1)OCCN2C(=O)OC(C)(C)C. The highest BCUT2D eigenvalue weighted by Gasteiger charge is 2.28. The Labute approximate surface area is 136 Å². The second kappa shape index (κ2) is 6.73. The van der Waals surface area contributed by atoms with Crippen LogP contribution in [0, 0.1) is 0 Å². The number of fused-ring (bicyclic) bond motifs is 1. The minimum Gasteiger partial charge on any atom is -0.490 e. The van der Waals surface area contributed by atoms with Crippen LogP contribution in [0.2, 0.25) is 0 Å². The molecule has 0 spiro atoms. The van der Waals surface area contributed by atoms with E-state index >= 15 is 0 Å². The quantitative estimate of drug-likeness (QED) is 0.870. The lowest BCUT2D eigenvalue weighted by Gasteiger charge is -2.31. The molecule has 0 saturated carbocycles. The molecule has 0 fully saturated rings. The summed E-state index contributed by atoms with van der Waals surface area (Å²) in [5.41, 5.74) is 0.999. The van der Waals surface area contributed by atoms with Crippen molar-refractivity contribution in [2.24, 2.45) is 0 Å². The molecule has 0 radical (unpaired) electrons. The van der Waals surface area contributed by atoms with Crippen molar-refractivity contribution >= 4 is 17.7 Å². The van der Waals surface area contributed by atoms with Crippen molar-refractivity contribution in [1.29, 1.82) is 0 Å². The zero-order valence-corrected chi connectivity index (χ0v) is 13.7. The Balaban J connectivity index is 2.15. The van der Waals surface area contributed by atoms with Gasteiger partial charge in [0.2, 0.25) is 5.91 Å². The Hall–Kier alpha value is -2.50. The van der Waals surface area contributed by atoms with E-state index in [-0.39, 0.29) is 5.91 Å². The summed E-state index contributed by atoms with van der Waals surface area (Å²) in [5.74, 6) is 0.367. The van der Waals surface area contributed by atoms with Crippen molar-refractivity contribution in [3.05, 3.63) is 36.4 Å². The van der Waals surface area contributed by atoms with E-state index in [0.717, 1.165) is 5.56 Å². The number of hydrogen-bond acceptors (Lipinski definition) is 4. The van der Waals surface area contributed by atoms with Gasteiger partial charge in [0, 0.05) is 6.54 Å². The third-order valence-corrected chi connectivity index (χ3v) is 3.15. The maximum absolute atomic E-state index is 12.3. The first kappa shape index (κ1) is 16.9. The number of amides is 2. The highest BCUT2D eigenvalue weighted by atomic mass is 16.6. The first-order valence-electron chi connectivity index (χ1n) is 7.46. The molecule has 1 heterocycles. The summed E-state index contributed by atoms with van der Waals surface area (Å²) in [6.45, 7) is 10.1. The normalized spacial score (nSPS) is 13.6. The van der Waals surface area contributed by atoms with Gasteiger partial charge in [0.15, 0.2) is 0 Å². The number of rotatable bonds is 3. The minimum atomic E-state index is -0.551. The molecule has 1 aromatic rings. The molecule has 1 aliphatic rings. The van der Waals surface area contributed by atoms with Crippen LogP contribution in [0.3, 0.4) is 0 Å². The second-order valence-corrected chi connectivity index (χ2v) is 6.20. The lowest BCUT2D eigenvalue weighted by molar-refractivity contribution is -0.116. The van der Waals surface area contributed by atoms with Crippen LogP contribution >= 0.6 is 0 Å². The molecule has 23 heavy (non-hydrogen) atoms. The van der Waals surface area contributed by atoms with Crippen LogP contribution in [0.4, 0.5) is 10.5 Å². The number of anilines is 1. The van der Waals surface area contributed by atoms with Gasteiger partial charge in [-0.1, -0.05) is 12.6 Å². The van der Waals surface area contributed by atoms with Crippen molar-refractivity contribution < 1.29 is 19.1 Å². The van der Waals surface area contributed by atoms with Crippen LogP contribution < -0.4 is 15.0 Å². The molecular weight excluding hydrogens is 296 g/mol. The van der Waals surface area contributed by atoms with E-state index in [9.17, 15) is 9.59 Å². The fourth-order valence-electron chi connectivity index (χ4n) is 2.14. The van der Waals surface area contributed by atoms with E-state index in [1.165, 1.54) is 6.08 Å². The zero-order valence-electron chi connectivity index (χ0n) is 13.7. The van der Waals surface area contributed by atoms with Crippen LogP contribution in [0.5, 0.6) is 5.75 Å². The zero-order chi connectivity index (χ0) is 17.0. The Morgan fingerprint density at radius 3 is 2.83 bits per heavy atom. The maximum Gasteiger partial charge on any atom is 0.415 e. The summed E-state index contributed by atoms with van der Waals surface area (Å²) in [6, 6.07) is 5.46. The molecular formula is C17H22N2O4. The Bertz CT molecular complexity index is 620. The highest BCUT2D eigenvalue weighted by molar-refractivity contribution is 5.90. The second-order valence-electron chi connectivity index (χ2n) is 6.20. The molecule has 1 N–H and O–H groups in total.